The Labute approximate surface area is 186 Å². The van der Waals surface area contributed by atoms with Crippen molar-refractivity contribution in [1.82, 2.24) is 15.0 Å². The second-order valence-electron chi connectivity index (χ2n) is 6.93. The van der Waals surface area contributed by atoms with Gasteiger partial charge in [-0.15, -0.1) is 0 Å². The topological polar surface area (TPSA) is 76.1 Å². The first-order valence-corrected chi connectivity index (χ1v) is 11.7. The standard InChI is InChI=1S/C23H19ClN4O2S/c1-31(29,30)20-9-2-8-19(14-20)28(22-11-3-10-21(24)27-22)23(17-6-4-12-25-15-17)18-7-5-13-26-16-18/h2-16,23H,1H3. The maximum atomic E-state index is 12.2. The number of hydrogen-bond donors (Lipinski definition) is 0. The summed E-state index contributed by atoms with van der Waals surface area (Å²) in [6, 6.07) is 19.4. The van der Waals surface area contributed by atoms with Gasteiger partial charge in [0.2, 0.25) is 0 Å². The van der Waals surface area contributed by atoms with E-state index in [1.54, 1.807) is 49.1 Å². The molecule has 0 bridgehead atoms. The smallest absolute Gasteiger partial charge is 0.175 e. The number of anilines is 2. The summed E-state index contributed by atoms with van der Waals surface area (Å²) in [6.07, 6.45) is 8.14. The lowest BCUT2D eigenvalue weighted by atomic mass is 9.99. The molecule has 0 aliphatic rings. The van der Waals surface area contributed by atoms with Crippen LogP contribution in [0, 0.1) is 0 Å². The highest BCUT2D eigenvalue weighted by Gasteiger charge is 2.27. The number of sulfone groups is 1. The van der Waals surface area contributed by atoms with Gasteiger partial charge in [0.05, 0.1) is 10.9 Å². The maximum Gasteiger partial charge on any atom is 0.175 e. The van der Waals surface area contributed by atoms with E-state index >= 15 is 0 Å². The van der Waals surface area contributed by atoms with Crippen LogP contribution in [0.2, 0.25) is 5.15 Å². The van der Waals surface area contributed by atoms with Crippen molar-refractivity contribution in [3.63, 3.8) is 0 Å². The molecule has 0 saturated heterocycles. The Bertz CT molecular complexity index is 1250. The number of nitrogens with zero attached hydrogens (tertiary/aromatic N) is 4. The molecule has 6 nitrogen and oxygen atoms in total. The first kappa shape index (κ1) is 21.0. The molecular weight excluding hydrogens is 432 g/mol. The SMILES string of the molecule is CS(=O)(=O)c1cccc(N(c2cccc(Cl)n2)C(c2cccnc2)c2cccnc2)c1. The average Bonchev–Trinajstić information content (AvgIpc) is 2.78. The molecule has 0 saturated carbocycles. The predicted molar refractivity (Wildman–Crippen MR) is 121 cm³/mol. The van der Waals surface area contributed by atoms with E-state index in [2.05, 4.69) is 15.0 Å². The summed E-state index contributed by atoms with van der Waals surface area (Å²) in [5.74, 6) is 0.566. The van der Waals surface area contributed by atoms with Crippen LogP contribution in [-0.2, 0) is 9.84 Å². The van der Waals surface area contributed by atoms with Crippen molar-refractivity contribution in [2.75, 3.05) is 11.2 Å². The molecule has 4 aromatic rings. The maximum absolute atomic E-state index is 12.2. The fourth-order valence-electron chi connectivity index (χ4n) is 3.38. The normalized spacial score (nSPS) is 11.5. The molecule has 3 aromatic heterocycles. The van der Waals surface area contributed by atoms with E-state index in [9.17, 15) is 8.42 Å². The lowest BCUT2D eigenvalue weighted by Crippen LogP contribution is -2.26. The minimum Gasteiger partial charge on any atom is -0.315 e. The van der Waals surface area contributed by atoms with Crippen molar-refractivity contribution in [1.29, 1.82) is 0 Å². The first-order chi connectivity index (χ1) is 14.9. The molecule has 0 fully saturated rings. The zero-order valence-electron chi connectivity index (χ0n) is 16.6. The van der Waals surface area contributed by atoms with Crippen molar-refractivity contribution in [3.05, 3.63) is 108 Å². The van der Waals surface area contributed by atoms with Crippen LogP contribution in [-0.4, -0.2) is 29.6 Å². The molecule has 3 heterocycles. The molecule has 0 unspecified atom stereocenters. The summed E-state index contributed by atoms with van der Waals surface area (Å²) in [6.45, 7) is 0. The molecule has 1 aromatic carbocycles. The third-order valence-corrected chi connectivity index (χ3v) is 6.05. The second-order valence-corrected chi connectivity index (χ2v) is 9.34. The van der Waals surface area contributed by atoms with Crippen LogP contribution in [0.3, 0.4) is 0 Å². The van der Waals surface area contributed by atoms with Gasteiger partial charge in [0.15, 0.2) is 9.84 Å². The summed E-state index contributed by atoms with van der Waals surface area (Å²) in [7, 11) is -3.40. The van der Waals surface area contributed by atoms with Gasteiger partial charge in [-0.2, -0.15) is 0 Å². The van der Waals surface area contributed by atoms with Crippen molar-refractivity contribution < 1.29 is 8.42 Å². The minimum absolute atomic E-state index is 0.216. The van der Waals surface area contributed by atoms with Crippen LogP contribution in [0.4, 0.5) is 11.5 Å². The Morgan fingerprint density at radius 1 is 0.871 bits per heavy atom. The van der Waals surface area contributed by atoms with Gasteiger partial charge in [-0.05, 0) is 53.6 Å². The van der Waals surface area contributed by atoms with E-state index in [0.717, 1.165) is 11.1 Å². The van der Waals surface area contributed by atoms with Crippen LogP contribution >= 0.6 is 11.6 Å². The van der Waals surface area contributed by atoms with Crippen LogP contribution in [0.15, 0.2) is 96.4 Å². The van der Waals surface area contributed by atoms with Gasteiger partial charge in [-0.1, -0.05) is 35.9 Å². The molecule has 0 spiro atoms. The summed E-state index contributed by atoms with van der Waals surface area (Å²) in [4.78, 5) is 15.2. The first-order valence-electron chi connectivity index (χ1n) is 9.45. The van der Waals surface area contributed by atoms with Gasteiger partial charge >= 0.3 is 0 Å². The van der Waals surface area contributed by atoms with Crippen LogP contribution in [0.5, 0.6) is 0 Å². The van der Waals surface area contributed by atoms with Crippen molar-refractivity contribution >= 4 is 32.9 Å². The van der Waals surface area contributed by atoms with E-state index in [-0.39, 0.29) is 10.9 Å². The third kappa shape index (κ3) is 4.73. The van der Waals surface area contributed by atoms with Gasteiger partial charge in [-0.3, -0.25) is 9.97 Å². The Morgan fingerprint density at radius 3 is 2.06 bits per heavy atom. The molecule has 0 atom stereocenters. The third-order valence-electron chi connectivity index (χ3n) is 4.73. The highest BCUT2D eigenvalue weighted by atomic mass is 35.5. The van der Waals surface area contributed by atoms with Gasteiger partial charge in [0.25, 0.3) is 0 Å². The van der Waals surface area contributed by atoms with Gasteiger partial charge in [0.1, 0.15) is 11.0 Å². The fourth-order valence-corrected chi connectivity index (χ4v) is 4.20. The number of aromatic nitrogens is 3. The molecular formula is C23H19ClN4O2S. The molecule has 0 radical (unpaired) electrons. The minimum atomic E-state index is -3.40. The van der Waals surface area contributed by atoms with E-state index < -0.39 is 9.84 Å². The van der Waals surface area contributed by atoms with Crippen molar-refractivity contribution in [2.45, 2.75) is 10.9 Å². The molecule has 0 N–H and O–H groups in total. The second kappa shape index (κ2) is 8.83. The lowest BCUT2D eigenvalue weighted by molar-refractivity contribution is 0.602. The summed E-state index contributed by atoms with van der Waals surface area (Å²) in [5.41, 5.74) is 2.43. The average molecular weight is 451 g/mol. The Balaban J connectivity index is 1.99. The van der Waals surface area contributed by atoms with Crippen LogP contribution in [0.25, 0.3) is 0 Å². The molecule has 31 heavy (non-hydrogen) atoms. The quantitative estimate of drug-likeness (QED) is 0.390. The summed E-state index contributed by atoms with van der Waals surface area (Å²) < 4.78 is 24.5. The zero-order chi connectivity index (χ0) is 21.8. The van der Waals surface area contributed by atoms with Crippen LogP contribution < -0.4 is 4.90 Å². The fraction of sp³-hybridized carbons (Fsp3) is 0.0870. The van der Waals surface area contributed by atoms with Gasteiger partial charge < -0.3 is 4.90 Å². The lowest BCUT2D eigenvalue weighted by Gasteiger charge is -2.33. The molecule has 0 aliphatic carbocycles. The molecule has 8 heteroatoms. The number of pyridine rings is 3. The Kier molecular flexibility index (Phi) is 5.97. The number of rotatable bonds is 6. The summed E-state index contributed by atoms with van der Waals surface area (Å²) >= 11 is 6.22. The van der Waals surface area contributed by atoms with Crippen molar-refractivity contribution in [2.24, 2.45) is 0 Å². The number of halogens is 1. The monoisotopic (exact) mass is 450 g/mol. The number of benzene rings is 1. The molecule has 0 amide bonds. The summed E-state index contributed by atoms with van der Waals surface area (Å²) in [5, 5.41) is 0.331. The molecule has 156 valence electrons. The van der Waals surface area contributed by atoms with E-state index in [1.165, 1.54) is 6.26 Å². The Hall–Kier alpha value is -3.29. The predicted octanol–water partition coefficient (Wildman–Crippen LogP) is 4.86. The van der Waals surface area contributed by atoms with Gasteiger partial charge in [-0.25, -0.2) is 13.4 Å². The van der Waals surface area contributed by atoms with Gasteiger partial charge in [0, 0.05) is 36.7 Å². The van der Waals surface area contributed by atoms with E-state index in [1.807, 2.05) is 47.4 Å². The highest BCUT2D eigenvalue weighted by Crippen LogP contribution is 2.39. The van der Waals surface area contributed by atoms with Crippen molar-refractivity contribution in [3.8, 4) is 0 Å². The zero-order valence-corrected chi connectivity index (χ0v) is 18.2. The number of hydrogen-bond acceptors (Lipinski definition) is 6. The largest absolute Gasteiger partial charge is 0.315 e. The van der Waals surface area contributed by atoms with E-state index in [0.29, 0.717) is 16.7 Å². The molecule has 4 rings (SSSR count). The highest BCUT2D eigenvalue weighted by molar-refractivity contribution is 7.90. The Morgan fingerprint density at radius 2 is 1.52 bits per heavy atom. The van der Waals surface area contributed by atoms with E-state index in [4.69, 9.17) is 11.6 Å². The van der Waals surface area contributed by atoms with Crippen LogP contribution in [0.1, 0.15) is 17.2 Å². The molecule has 0 aliphatic heterocycles.